The SMILES string of the molecule is Cc1ccc2c(oc3ccccc32)c1C1C(C)N2CC1(C)c1ccccc12. The normalized spacial score (nSPS) is 26.3. The van der Waals surface area contributed by atoms with E-state index in [0.29, 0.717) is 12.0 Å². The van der Waals surface area contributed by atoms with Crippen molar-refractivity contribution in [2.24, 2.45) is 0 Å². The van der Waals surface area contributed by atoms with E-state index in [0.717, 1.165) is 17.7 Å². The van der Waals surface area contributed by atoms with Crippen LogP contribution in [0, 0.1) is 6.92 Å². The molecule has 0 spiro atoms. The number of hydrogen-bond acceptors (Lipinski definition) is 2. The lowest BCUT2D eigenvalue weighted by atomic mass is 9.67. The second-order valence-electron chi connectivity index (χ2n) is 8.55. The van der Waals surface area contributed by atoms with Crippen molar-refractivity contribution in [3.8, 4) is 0 Å². The molecule has 3 unspecified atom stereocenters. The van der Waals surface area contributed by atoms with E-state index < -0.39 is 0 Å². The van der Waals surface area contributed by atoms with E-state index in [4.69, 9.17) is 4.42 Å². The Morgan fingerprint density at radius 2 is 1.74 bits per heavy atom. The maximum Gasteiger partial charge on any atom is 0.139 e. The summed E-state index contributed by atoms with van der Waals surface area (Å²) in [4.78, 5) is 2.60. The lowest BCUT2D eigenvalue weighted by molar-refractivity contribution is 0.433. The van der Waals surface area contributed by atoms with Crippen molar-refractivity contribution in [3.05, 3.63) is 77.4 Å². The summed E-state index contributed by atoms with van der Waals surface area (Å²) < 4.78 is 6.45. The number of rotatable bonds is 1. The quantitative estimate of drug-likeness (QED) is 0.407. The Labute approximate surface area is 159 Å². The Hall–Kier alpha value is -2.74. The summed E-state index contributed by atoms with van der Waals surface area (Å²) >= 11 is 0. The van der Waals surface area contributed by atoms with E-state index in [1.807, 2.05) is 0 Å². The van der Waals surface area contributed by atoms with Gasteiger partial charge in [-0.05, 0) is 37.1 Å². The summed E-state index contributed by atoms with van der Waals surface area (Å²) in [6, 6.07) is 22.3. The molecule has 6 rings (SSSR count). The van der Waals surface area contributed by atoms with Gasteiger partial charge in [-0.25, -0.2) is 0 Å². The number of hydrogen-bond donors (Lipinski definition) is 0. The second kappa shape index (κ2) is 4.95. The summed E-state index contributed by atoms with van der Waals surface area (Å²) in [6.45, 7) is 8.16. The minimum absolute atomic E-state index is 0.119. The van der Waals surface area contributed by atoms with Crippen molar-refractivity contribution in [1.82, 2.24) is 0 Å². The van der Waals surface area contributed by atoms with Gasteiger partial charge in [0.15, 0.2) is 0 Å². The van der Waals surface area contributed by atoms with Gasteiger partial charge < -0.3 is 9.32 Å². The van der Waals surface area contributed by atoms with Gasteiger partial charge in [-0.15, -0.1) is 0 Å². The molecule has 27 heavy (non-hydrogen) atoms. The van der Waals surface area contributed by atoms with Crippen molar-refractivity contribution >= 4 is 27.6 Å². The number of benzene rings is 3. The zero-order valence-corrected chi connectivity index (χ0v) is 16.0. The molecule has 4 aromatic rings. The van der Waals surface area contributed by atoms with Crippen LogP contribution in [0.3, 0.4) is 0 Å². The van der Waals surface area contributed by atoms with Gasteiger partial charge in [-0.3, -0.25) is 0 Å². The lowest BCUT2D eigenvalue weighted by Crippen LogP contribution is -2.35. The van der Waals surface area contributed by atoms with Crippen LogP contribution < -0.4 is 4.90 Å². The molecule has 0 saturated carbocycles. The van der Waals surface area contributed by atoms with E-state index >= 15 is 0 Å². The highest BCUT2D eigenvalue weighted by molar-refractivity contribution is 6.06. The van der Waals surface area contributed by atoms with Gasteiger partial charge in [0.2, 0.25) is 0 Å². The lowest BCUT2D eigenvalue weighted by Gasteiger charge is -2.38. The Morgan fingerprint density at radius 3 is 2.63 bits per heavy atom. The van der Waals surface area contributed by atoms with Crippen LogP contribution in [0.2, 0.25) is 0 Å². The molecular formula is C25H23NO. The fraction of sp³-hybridized carbons (Fsp3) is 0.280. The topological polar surface area (TPSA) is 16.4 Å². The zero-order valence-electron chi connectivity index (χ0n) is 16.0. The summed E-state index contributed by atoms with van der Waals surface area (Å²) in [7, 11) is 0. The van der Waals surface area contributed by atoms with Gasteiger partial charge in [0.1, 0.15) is 11.2 Å². The third kappa shape index (κ3) is 1.76. The van der Waals surface area contributed by atoms with Crippen LogP contribution in [0.5, 0.6) is 0 Å². The van der Waals surface area contributed by atoms with Crippen LogP contribution in [0.25, 0.3) is 21.9 Å². The Morgan fingerprint density at radius 1 is 0.963 bits per heavy atom. The van der Waals surface area contributed by atoms with Gasteiger partial charge in [-0.1, -0.05) is 55.5 Å². The number of anilines is 1. The average Bonchev–Trinajstić information content (AvgIpc) is 3.28. The first-order valence-corrected chi connectivity index (χ1v) is 9.86. The Kier molecular flexibility index (Phi) is 2.81. The molecule has 3 atom stereocenters. The monoisotopic (exact) mass is 353 g/mol. The molecule has 3 heterocycles. The van der Waals surface area contributed by atoms with Gasteiger partial charge in [0.05, 0.1) is 0 Å². The molecule has 2 aliphatic heterocycles. The summed E-state index contributed by atoms with van der Waals surface area (Å²) in [5, 5.41) is 2.46. The maximum atomic E-state index is 6.45. The van der Waals surface area contributed by atoms with Crippen LogP contribution >= 0.6 is 0 Å². The second-order valence-corrected chi connectivity index (χ2v) is 8.55. The van der Waals surface area contributed by atoms with E-state index in [9.17, 15) is 0 Å². The van der Waals surface area contributed by atoms with Crippen molar-refractivity contribution in [1.29, 1.82) is 0 Å². The maximum absolute atomic E-state index is 6.45. The molecule has 0 radical (unpaired) electrons. The number of furan rings is 1. The highest BCUT2D eigenvalue weighted by Crippen LogP contribution is 2.59. The summed E-state index contributed by atoms with van der Waals surface area (Å²) in [6.07, 6.45) is 0. The van der Waals surface area contributed by atoms with Crippen molar-refractivity contribution in [2.45, 2.75) is 38.1 Å². The molecule has 0 N–H and O–H groups in total. The third-order valence-corrected chi connectivity index (χ3v) is 7.10. The summed E-state index contributed by atoms with van der Waals surface area (Å²) in [5.74, 6) is 0.427. The van der Waals surface area contributed by atoms with Gasteiger partial charge in [-0.2, -0.15) is 0 Å². The van der Waals surface area contributed by atoms with Gasteiger partial charge in [0.25, 0.3) is 0 Å². The molecule has 2 aliphatic rings. The van der Waals surface area contributed by atoms with Gasteiger partial charge in [0, 0.05) is 45.9 Å². The molecule has 2 nitrogen and oxygen atoms in total. The number of para-hydroxylation sites is 2. The number of fused-ring (bicyclic) bond motifs is 8. The average molecular weight is 353 g/mol. The molecule has 134 valence electrons. The fourth-order valence-corrected chi connectivity index (χ4v) is 5.93. The zero-order chi connectivity index (χ0) is 18.3. The molecule has 3 aromatic carbocycles. The van der Waals surface area contributed by atoms with E-state index in [1.54, 1.807) is 0 Å². The number of aryl methyl sites for hydroxylation is 1. The first kappa shape index (κ1) is 15.3. The smallest absolute Gasteiger partial charge is 0.139 e. The van der Waals surface area contributed by atoms with Gasteiger partial charge >= 0.3 is 0 Å². The molecule has 1 saturated heterocycles. The minimum Gasteiger partial charge on any atom is -0.456 e. The highest BCUT2D eigenvalue weighted by atomic mass is 16.3. The number of nitrogens with zero attached hydrogens (tertiary/aromatic N) is 1. The molecule has 2 heteroatoms. The van der Waals surface area contributed by atoms with Crippen molar-refractivity contribution in [2.75, 3.05) is 11.4 Å². The summed E-state index contributed by atoms with van der Waals surface area (Å²) in [5.41, 5.74) is 7.83. The van der Waals surface area contributed by atoms with E-state index in [2.05, 4.69) is 86.3 Å². The highest BCUT2D eigenvalue weighted by Gasteiger charge is 2.56. The Bertz CT molecular complexity index is 1220. The molecule has 1 aromatic heterocycles. The molecular weight excluding hydrogens is 330 g/mol. The molecule has 1 fully saturated rings. The van der Waals surface area contributed by atoms with Crippen LogP contribution in [0.15, 0.2) is 65.1 Å². The molecule has 2 bridgehead atoms. The predicted octanol–water partition coefficient (Wildman–Crippen LogP) is 6.16. The van der Waals surface area contributed by atoms with E-state index in [1.165, 1.54) is 33.2 Å². The largest absolute Gasteiger partial charge is 0.456 e. The molecule has 0 aliphatic carbocycles. The van der Waals surface area contributed by atoms with Crippen LogP contribution in [0.1, 0.15) is 36.5 Å². The van der Waals surface area contributed by atoms with Crippen LogP contribution in [-0.4, -0.2) is 12.6 Å². The Balaban J connectivity index is 1.66. The van der Waals surface area contributed by atoms with E-state index in [-0.39, 0.29) is 5.41 Å². The first-order valence-electron chi connectivity index (χ1n) is 9.86. The van der Waals surface area contributed by atoms with Crippen LogP contribution in [-0.2, 0) is 5.41 Å². The third-order valence-electron chi connectivity index (χ3n) is 7.10. The van der Waals surface area contributed by atoms with Crippen LogP contribution in [0.4, 0.5) is 5.69 Å². The fourth-order valence-electron chi connectivity index (χ4n) is 5.93. The predicted molar refractivity (Wildman–Crippen MR) is 112 cm³/mol. The molecule has 0 amide bonds. The van der Waals surface area contributed by atoms with Crippen molar-refractivity contribution < 1.29 is 4.42 Å². The first-order chi connectivity index (χ1) is 13.1. The standard InChI is InChI=1S/C25H23NO/c1-15-12-13-18-17-8-4-7-11-21(17)27-24(18)22(15)23-16(2)26-14-25(23,3)19-9-5-6-10-20(19)26/h4-13,16,23H,14H2,1-3H3. The van der Waals surface area contributed by atoms with Crippen molar-refractivity contribution in [3.63, 3.8) is 0 Å². The minimum atomic E-state index is 0.119.